The summed E-state index contributed by atoms with van der Waals surface area (Å²) in [6, 6.07) is 6.70. The van der Waals surface area contributed by atoms with Crippen molar-refractivity contribution in [1.29, 1.82) is 0 Å². The third-order valence-electron chi connectivity index (χ3n) is 6.90. The number of cyclic esters (lactones) is 1. The summed E-state index contributed by atoms with van der Waals surface area (Å²) in [5, 5.41) is 0. The fourth-order valence-electron chi connectivity index (χ4n) is 4.73. The first-order chi connectivity index (χ1) is 19.8. The molecular weight excluding hydrogens is 617 g/mol. The van der Waals surface area contributed by atoms with Crippen LogP contribution in [0.15, 0.2) is 59.5 Å². The van der Waals surface area contributed by atoms with Crippen LogP contribution < -0.4 is 4.74 Å². The Balaban J connectivity index is 1.80. The minimum Gasteiger partial charge on any atom is -0.496 e. The Morgan fingerprint density at radius 1 is 0.814 bits per heavy atom. The van der Waals surface area contributed by atoms with Crippen molar-refractivity contribution < 1.29 is 58.0 Å². The Hall–Kier alpha value is -3.75. The number of ether oxygens (including phenoxy) is 2. The van der Waals surface area contributed by atoms with Gasteiger partial charge in [-0.3, -0.25) is 9.11 Å². The molecule has 3 aromatic carbocycles. The summed E-state index contributed by atoms with van der Waals surface area (Å²) in [7, 11) is -0.181. The number of amides is 1. The van der Waals surface area contributed by atoms with Crippen molar-refractivity contribution in [1.82, 2.24) is 4.90 Å². The summed E-state index contributed by atoms with van der Waals surface area (Å²) in [5.41, 5.74) is -4.59. The zero-order chi connectivity index (χ0) is 32.1. The summed E-state index contributed by atoms with van der Waals surface area (Å²) < 4.78 is 144. The number of halogens is 9. The highest BCUT2D eigenvalue weighted by molar-refractivity contribution is 7.84. The first kappa shape index (κ1) is 32.2. The van der Waals surface area contributed by atoms with Crippen molar-refractivity contribution in [3.63, 3.8) is 0 Å². The number of hydrogen-bond acceptors (Lipinski definition) is 4. The van der Waals surface area contributed by atoms with Gasteiger partial charge in [-0.1, -0.05) is 6.07 Å². The largest absolute Gasteiger partial charge is 0.496 e. The van der Waals surface area contributed by atoms with Gasteiger partial charge in [-0.2, -0.15) is 39.5 Å². The quantitative estimate of drug-likeness (QED) is 0.255. The molecule has 43 heavy (non-hydrogen) atoms. The van der Waals surface area contributed by atoms with Crippen LogP contribution in [-0.2, 0) is 40.6 Å². The molecule has 15 heteroatoms. The molecule has 232 valence electrons. The molecular formula is C28H22F9NO4S. The van der Waals surface area contributed by atoms with E-state index in [4.69, 9.17) is 9.47 Å². The van der Waals surface area contributed by atoms with Crippen molar-refractivity contribution in [3.8, 4) is 16.9 Å². The van der Waals surface area contributed by atoms with Gasteiger partial charge in [-0.25, -0.2) is 4.79 Å². The van der Waals surface area contributed by atoms with Gasteiger partial charge in [0.2, 0.25) is 0 Å². The second kappa shape index (κ2) is 11.4. The van der Waals surface area contributed by atoms with E-state index in [-0.39, 0.29) is 28.5 Å². The number of nitrogens with zero attached hydrogens (tertiary/aromatic N) is 1. The zero-order valence-corrected chi connectivity index (χ0v) is 23.3. The number of methoxy groups -OCH3 is 1. The van der Waals surface area contributed by atoms with E-state index in [2.05, 4.69) is 0 Å². The molecule has 1 fully saturated rings. The number of hydrogen-bond donors (Lipinski definition) is 0. The molecule has 0 saturated carbocycles. The maximum atomic E-state index is 13.7. The van der Waals surface area contributed by atoms with Crippen LogP contribution >= 0.6 is 0 Å². The highest BCUT2D eigenvalue weighted by Crippen LogP contribution is 2.43. The van der Waals surface area contributed by atoms with E-state index in [1.54, 1.807) is 0 Å². The topological polar surface area (TPSA) is 55.8 Å². The maximum Gasteiger partial charge on any atom is 0.416 e. The van der Waals surface area contributed by atoms with Crippen LogP contribution in [-0.4, -0.2) is 34.6 Å². The lowest BCUT2D eigenvalue weighted by atomic mass is 9.95. The van der Waals surface area contributed by atoms with Gasteiger partial charge in [0.25, 0.3) is 0 Å². The molecule has 1 saturated heterocycles. The van der Waals surface area contributed by atoms with Crippen LogP contribution in [0.4, 0.5) is 44.3 Å². The number of carbonyl (C=O) groups is 1. The van der Waals surface area contributed by atoms with Crippen molar-refractivity contribution in [2.45, 2.75) is 49.0 Å². The lowest BCUT2D eigenvalue weighted by Gasteiger charge is -2.24. The highest BCUT2D eigenvalue weighted by Gasteiger charge is 2.43. The standard InChI is InChI=1S/C28H22F9NO4S/c1-14-24(15-8-18(27(32,33)34)11-19(9-15)28(35,36)37)42-25(39)38(14)13-16-10-17(26(29,30)31)4-6-21(16)22-12-20(43(3)40)5-7-23(22)41-2/h4-12,14,24H,13H2,1-3H3/t14-,24?,43?/m0/s1. The van der Waals surface area contributed by atoms with E-state index in [1.807, 2.05) is 0 Å². The minimum atomic E-state index is -5.15. The van der Waals surface area contributed by atoms with Gasteiger partial charge < -0.3 is 9.47 Å². The molecule has 3 aromatic rings. The van der Waals surface area contributed by atoms with Gasteiger partial charge in [-0.05, 0) is 72.1 Å². The SMILES string of the molecule is COc1ccc(S(C)=O)cc1-c1ccc(C(F)(F)F)cc1CN1C(=O)OC(c2cc(C(F)(F)F)cc(C(F)(F)F)c2)[C@@H]1C. The predicted octanol–water partition coefficient (Wildman–Crippen LogP) is 8.24. The average Bonchev–Trinajstić information content (AvgIpc) is 3.19. The Bertz CT molecular complexity index is 1530. The molecule has 0 radical (unpaired) electrons. The highest BCUT2D eigenvalue weighted by atomic mass is 32.2. The van der Waals surface area contributed by atoms with E-state index in [1.165, 1.54) is 38.5 Å². The van der Waals surface area contributed by atoms with Crippen molar-refractivity contribution in [3.05, 3.63) is 82.4 Å². The van der Waals surface area contributed by atoms with Crippen molar-refractivity contribution in [2.75, 3.05) is 13.4 Å². The molecule has 0 aromatic heterocycles. The molecule has 5 nitrogen and oxygen atoms in total. The third-order valence-corrected chi connectivity index (χ3v) is 7.81. The van der Waals surface area contributed by atoms with Crippen molar-refractivity contribution >= 4 is 16.9 Å². The summed E-state index contributed by atoms with van der Waals surface area (Å²) in [4.78, 5) is 14.1. The number of benzene rings is 3. The molecule has 3 atom stereocenters. The average molecular weight is 640 g/mol. The monoisotopic (exact) mass is 639 g/mol. The molecule has 1 aliphatic heterocycles. The van der Waals surface area contributed by atoms with Gasteiger partial charge in [0.1, 0.15) is 11.9 Å². The van der Waals surface area contributed by atoms with E-state index in [0.29, 0.717) is 17.0 Å². The molecule has 1 amide bonds. The number of alkyl halides is 9. The van der Waals surface area contributed by atoms with Gasteiger partial charge in [0.15, 0.2) is 0 Å². The summed E-state index contributed by atoms with van der Waals surface area (Å²) in [6.07, 6.45) is -16.5. The van der Waals surface area contributed by atoms with Gasteiger partial charge in [0, 0.05) is 27.5 Å². The lowest BCUT2D eigenvalue weighted by Crippen LogP contribution is -2.32. The Morgan fingerprint density at radius 2 is 1.40 bits per heavy atom. The minimum absolute atomic E-state index is 0.0670. The Kier molecular flexibility index (Phi) is 8.52. The van der Waals surface area contributed by atoms with E-state index in [9.17, 15) is 48.5 Å². The molecule has 2 unspecified atom stereocenters. The first-order valence-electron chi connectivity index (χ1n) is 12.3. The predicted molar refractivity (Wildman–Crippen MR) is 136 cm³/mol. The summed E-state index contributed by atoms with van der Waals surface area (Å²) >= 11 is 0. The summed E-state index contributed by atoms with van der Waals surface area (Å²) in [6.45, 7) is 0.723. The normalized spacial score (nSPS) is 18.5. The second-order valence-electron chi connectivity index (χ2n) is 9.70. The fourth-order valence-corrected chi connectivity index (χ4v) is 5.27. The van der Waals surface area contributed by atoms with E-state index in [0.717, 1.165) is 23.1 Å². The molecule has 0 aliphatic carbocycles. The van der Waals surface area contributed by atoms with Gasteiger partial charge in [-0.15, -0.1) is 0 Å². The van der Waals surface area contributed by atoms with Gasteiger partial charge in [0.05, 0.1) is 36.4 Å². The smallest absolute Gasteiger partial charge is 0.416 e. The van der Waals surface area contributed by atoms with E-state index >= 15 is 0 Å². The molecule has 0 N–H and O–H groups in total. The third kappa shape index (κ3) is 6.76. The second-order valence-corrected chi connectivity index (χ2v) is 11.1. The number of rotatable bonds is 6. The van der Waals surface area contributed by atoms with Crippen LogP contribution in [0.25, 0.3) is 11.1 Å². The van der Waals surface area contributed by atoms with Crippen molar-refractivity contribution in [2.24, 2.45) is 0 Å². The molecule has 1 heterocycles. The number of carbonyl (C=O) groups excluding carboxylic acids is 1. The Morgan fingerprint density at radius 3 is 1.91 bits per heavy atom. The Labute approximate surface area is 241 Å². The molecule has 1 aliphatic rings. The first-order valence-corrected chi connectivity index (χ1v) is 13.9. The summed E-state index contributed by atoms with van der Waals surface area (Å²) in [5.74, 6) is 0.203. The van der Waals surface area contributed by atoms with Crippen LogP contribution in [0.5, 0.6) is 5.75 Å². The van der Waals surface area contributed by atoms with Crippen LogP contribution in [0.3, 0.4) is 0 Å². The van der Waals surface area contributed by atoms with E-state index < -0.39 is 76.4 Å². The fraction of sp³-hybridized carbons (Fsp3) is 0.321. The van der Waals surface area contributed by atoms with Gasteiger partial charge >= 0.3 is 24.6 Å². The van der Waals surface area contributed by atoms with Crippen LogP contribution in [0.1, 0.15) is 40.8 Å². The lowest BCUT2D eigenvalue weighted by molar-refractivity contribution is -0.143. The molecule has 4 rings (SSSR count). The molecule has 0 bridgehead atoms. The zero-order valence-electron chi connectivity index (χ0n) is 22.4. The molecule has 0 spiro atoms. The van der Waals surface area contributed by atoms with Crippen LogP contribution in [0, 0.1) is 0 Å². The maximum absolute atomic E-state index is 13.7. The van der Waals surface area contributed by atoms with Crippen LogP contribution in [0.2, 0.25) is 0 Å².